The largest absolute Gasteiger partial charge is 0.348 e. The van der Waals surface area contributed by atoms with Crippen LogP contribution in [0, 0.1) is 5.92 Å². The highest BCUT2D eigenvalue weighted by Crippen LogP contribution is 2.18. The fourth-order valence-electron chi connectivity index (χ4n) is 2.75. The number of amides is 2. The summed E-state index contributed by atoms with van der Waals surface area (Å²) in [5.41, 5.74) is 1.68. The van der Waals surface area contributed by atoms with Crippen molar-refractivity contribution in [1.82, 2.24) is 10.2 Å². The summed E-state index contributed by atoms with van der Waals surface area (Å²) in [7, 11) is 0. The molecule has 0 spiro atoms. The van der Waals surface area contributed by atoms with Gasteiger partial charge in [-0.25, -0.2) is 0 Å². The van der Waals surface area contributed by atoms with Crippen LogP contribution in [0.25, 0.3) is 0 Å². The van der Waals surface area contributed by atoms with E-state index in [0.29, 0.717) is 18.0 Å². The standard InChI is InChI=1S/C18H24N2O2/c1-3-17(21)19-12-15-7-9-16(10-8-15)18(22)20-11-5-4-6-14(2)13-20/h3,7-10,14H,1,4-6,11-13H2,2H3,(H,19,21). The first-order valence-electron chi connectivity index (χ1n) is 7.88. The molecular weight excluding hydrogens is 276 g/mol. The van der Waals surface area contributed by atoms with Crippen molar-refractivity contribution in [2.45, 2.75) is 32.7 Å². The molecule has 118 valence electrons. The Balaban J connectivity index is 1.98. The lowest BCUT2D eigenvalue weighted by atomic mass is 10.1. The Morgan fingerprint density at radius 1 is 1.32 bits per heavy atom. The third kappa shape index (κ3) is 4.45. The van der Waals surface area contributed by atoms with Gasteiger partial charge in [-0.15, -0.1) is 0 Å². The van der Waals surface area contributed by atoms with Crippen LogP contribution in [0.1, 0.15) is 42.1 Å². The van der Waals surface area contributed by atoms with E-state index in [1.54, 1.807) is 0 Å². The first-order valence-corrected chi connectivity index (χ1v) is 7.88. The van der Waals surface area contributed by atoms with Crippen molar-refractivity contribution in [1.29, 1.82) is 0 Å². The molecule has 1 fully saturated rings. The lowest BCUT2D eigenvalue weighted by Crippen LogP contribution is -2.34. The summed E-state index contributed by atoms with van der Waals surface area (Å²) in [6.45, 7) is 7.75. The van der Waals surface area contributed by atoms with Crippen molar-refractivity contribution in [2.24, 2.45) is 5.92 Å². The van der Waals surface area contributed by atoms with Crippen molar-refractivity contribution < 1.29 is 9.59 Å². The Hall–Kier alpha value is -2.10. The molecule has 1 aliphatic heterocycles. The van der Waals surface area contributed by atoms with Crippen LogP contribution in [0.2, 0.25) is 0 Å². The third-order valence-electron chi connectivity index (χ3n) is 4.05. The third-order valence-corrected chi connectivity index (χ3v) is 4.05. The fraction of sp³-hybridized carbons (Fsp3) is 0.444. The molecule has 0 saturated carbocycles. The zero-order chi connectivity index (χ0) is 15.9. The highest BCUT2D eigenvalue weighted by molar-refractivity contribution is 5.94. The van der Waals surface area contributed by atoms with Gasteiger partial charge in [0.05, 0.1) is 0 Å². The Kier molecular flexibility index (Phi) is 5.75. The van der Waals surface area contributed by atoms with E-state index in [1.807, 2.05) is 29.2 Å². The van der Waals surface area contributed by atoms with Crippen molar-refractivity contribution in [3.63, 3.8) is 0 Å². The van der Waals surface area contributed by atoms with E-state index in [0.717, 1.165) is 25.1 Å². The normalized spacial score (nSPS) is 18.4. The molecule has 1 aromatic rings. The lowest BCUT2D eigenvalue weighted by Gasteiger charge is -2.23. The lowest BCUT2D eigenvalue weighted by molar-refractivity contribution is -0.116. The Bertz CT molecular complexity index is 537. The van der Waals surface area contributed by atoms with Gasteiger partial charge in [0.1, 0.15) is 0 Å². The minimum Gasteiger partial charge on any atom is -0.348 e. The molecule has 2 rings (SSSR count). The van der Waals surface area contributed by atoms with Crippen LogP contribution in [-0.2, 0) is 11.3 Å². The number of nitrogens with one attached hydrogen (secondary N) is 1. The van der Waals surface area contributed by atoms with Crippen LogP contribution in [0.3, 0.4) is 0 Å². The van der Waals surface area contributed by atoms with E-state index in [-0.39, 0.29) is 11.8 Å². The number of likely N-dealkylation sites (tertiary alicyclic amines) is 1. The smallest absolute Gasteiger partial charge is 0.253 e. The van der Waals surface area contributed by atoms with Crippen molar-refractivity contribution in [3.8, 4) is 0 Å². The summed E-state index contributed by atoms with van der Waals surface area (Å²) < 4.78 is 0. The van der Waals surface area contributed by atoms with E-state index in [9.17, 15) is 9.59 Å². The molecule has 1 N–H and O–H groups in total. The average molecular weight is 300 g/mol. The predicted molar refractivity (Wildman–Crippen MR) is 87.4 cm³/mol. The summed E-state index contributed by atoms with van der Waals surface area (Å²) in [6, 6.07) is 7.45. The molecule has 0 aliphatic carbocycles. The molecule has 1 unspecified atom stereocenters. The van der Waals surface area contributed by atoms with Gasteiger partial charge in [-0.3, -0.25) is 9.59 Å². The van der Waals surface area contributed by atoms with E-state index in [4.69, 9.17) is 0 Å². The van der Waals surface area contributed by atoms with Gasteiger partial charge in [0, 0.05) is 25.2 Å². The van der Waals surface area contributed by atoms with Crippen LogP contribution >= 0.6 is 0 Å². The van der Waals surface area contributed by atoms with Crippen LogP contribution in [-0.4, -0.2) is 29.8 Å². The summed E-state index contributed by atoms with van der Waals surface area (Å²) in [5, 5.41) is 2.72. The molecule has 4 heteroatoms. The number of hydrogen-bond acceptors (Lipinski definition) is 2. The molecule has 1 aliphatic rings. The van der Waals surface area contributed by atoms with Crippen LogP contribution in [0.5, 0.6) is 0 Å². The summed E-state index contributed by atoms with van der Waals surface area (Å²) in [4.78, 5) is 25.7. The van der Waals surface area contributed by atoms with Gasteiger partial charge < -0.3 is 10.2 Å². The van der Waals surface area contributed by atoms with Crippen LogP contribution in [0.15, 0.2) is 36.9 Å². The number of rotatable bonds is 4. The molecule has 0 bridgehead atoms. The molecule has 1 saturated heterocycles. The number of carbonyl (C=O) groups excluding carboxylic acids is 2. The highest BCUT2D eigenvalue weighted by atomic mass is 16.2. The quantitative estimate of drug-likeness (QED) is 0.869. The van der Waals surface area contributed by atoms with Gasteiger partial charge in [0.2, 0.25) is 5.91 Å². The summed E-state index contributed by atoms with van der Waals surface area (Å²) in [5.74, 6) is 0.481. The molecule has 22 heavy (non-hydrogen) atoms. The SMILES string of the molecule is C=CC(=O)NCc1ccc(C(=O)N2CCCCC(C)C2)cc1. The maximum absolute atomic E-state index is 12.6. The van der Waals surface area contributed by atoms with E-state index in [2.05, 4.69) is 18.8 Å². The predicted octanol–water partition coefficient (Wildman–Crippen LogP) is 2.75. The summed E-state index contributed by atoms with van der Waals surface area (Å²) >= 11 is 0. The number of carbonyl (C=O) groups is 2. The molecule has 1 heterocycles. The molecule has 0 aromatic heterocycles. The van der Waals surface area contributed by atoms with Gasteiger partial charge in [0.15, 0.2) is 0 Å². The summed E-state index contributed by atoms with van der Waals surface area (Å²) in [6.07, 6.45) is 4.73. The van der Waals surface area contributed by atoms with Gasteiger partial charge >= 0.3 is 0 Å². The van der Waals surface area contributed by atoms with E-state index >= 15 is 0 Å². The Morgan fingerprint density at radius 2 is 2.05 bits per heavy atom. The molecule has 2 amide bonds. The second-order valence-electron chi connectivity index (χ2n) is 5.97. The van der Waals surface area contributed by atoms with Crippen LogP contribution < -0.4 is 5.32 Å². The zero-order valence-corrected chi connectivity index (χ0v) is 13.2. The van der Waals surface area contributed by atoms with Gasteiger partial charge in [-0.2, -0.15) is 0 Å². The average Bonchev–Trinajstić information content (AvgIpc) is 2.77. The zero-order valence-electron chi connectivity index (χ0n) is 13.2. The van der Waals surface area contributed by atoms with Gasteiger partial charge in [-0.05, 0) is 42.5 Å². The van der Waals surface area contributed by atoms with E-state index < -0.39 is 0 Å². The highest BCUT2D eigenvalue weighted by Gasteiger charge is 2.20. The first-order chi connectivity index (χ1) is 10.6. The Morgan fingerprint density at radius 3 is 2.73 bits per heavy atom. The van der Waals surface area contributed by atoms with E-state index in [1.165, 1.54) is 18.9 Å². The van der Waals surface area contributed by atoms with Crippen molar-refractivity contribution in [2.75, 3.05) is 13.1 Å². The van der Waals surface area contributed by atoms with Crippen molar-refractivity contribution in [3.05, 3.63) is 48.0 Å². The molecule has 1 aromatic carbocycles. The molecule has 1 atom stereocenters. The number of benzene rings is 1. The molecular formula is C18H24N2O2. The van der Waals surface area contributed by atoms with Crippen molar-refractivity contribution >= 4 is 11.8 Å². The van der Waals surface area contributed by atoms with Gasteiger partial charge in [0.25, 0.3) is 5.91 Å². The number of hydrogen-bond donors (Lipinski definition) is 1. The second kappa shape index (κ2) is 7.78. The minimum absolute atomic E-state index is 0.107. The molecule has 4 nitrogen and oxygen atoms in total. The monoisotopic (exact) mass is 300 g/mol. The number of nitrogens with zero attached hydrogens (tertiary/aromatic N) is 1. The maximum Gasteiger partial charge on any atom is 0.253 e. The van der Waals surface area contributed by atoms with Gasteiger partial charge in [-0.1, -0.05) is 32.1 Å². The molecule has 0 radical (unpaired) electrons. The minimum atomic E-state index is -0.196. The fourth-order valence-corrected chi connectivity index (χ4v) is 2.75. The first kappa shape index (κ1) is 16.3. The maximum atomic E-state index is 12.6. The Labute approximate surface area is 132 Å². The topological polar surface area (TPSA) is 49.4 Å². The second-order valence-corrected chi connectivity index (χ2v) is 5.97. The van der Waals surface area contributed by atoms with Crippen LogP contribution in [0.4, 0.5) is 0 Å².